The molecular weight excluding hydrogens is 248 g/mol. The van der Waals surface area contributed by atoms with Gasteiger partial charge in [0.05, 0.1) is 0 Å². The van der Waals surface area contributed by atoms with Crippen LogP contribution in [0.1, 0.15) is 39.5 Å². The summed E-state index contributed by atoms with van der Waals surface area (Å²) in [7, 11) is 0. The molecule has 110 valence electrons. The number of urea groups is 1. The number of likely N-dealkylation sites (tertiary alicyclic amines) is 1. The lowest BCUT2D eigenvalue weighted by molar-refractivity contribution is -0.139. The number of amides is 2. The molecule has 1 aliphatic heterocycles. The van der Waals surface area contributed by atoms with Gasteiger partial charge in [-0.1, -0.05) is 13.8 Å². The van der Waals surface area contributed by atoms with Crippen molar-refractivity contribution in [2.75, 3.05) is 19.7 Å². The second-order valence-electron chi connectivity index (χ2n) is 5.86. The van der Waals surface area contributed by atoms with Gasteiger partial charge in [0.25, 0.3) is 0 Å². The van der Waals surface area contributed by atoms with Crippen molar-refractivity contribution in [2.24, 2.45) is 5.41 Å². The van der Waals surface area contributed by atoms with Crippen molar-refractivity contribution in [2.45, 2.75) is 45.6 Å². The molecule has 6 heteroatoms. The fourth-order valence-electron chi connectivity index (χ4n) is 2.25. The highest BCUT2D eigenvalue weighted by Crippen LogP contribution is 2.29. The second kappa shape index (κ2) is 6.75. The molecule has 19 heavy (non-hydrogen) atoms. The Labute approximate surface area is 113 Å². The summed E-state index contributed by atoms with van der Waals surface area (Å²) in [5.41, 5.74) is 0.228. The molecule has 1 aliphatic rings. The van der Waals surface area contributed by atoms with Crippen LogP contribution in [0, 0.1) is 5.41 Å². The SMILES string of the molecule is CC1(C)CCCN(C(=O)N[C@H](CCO)C(=O)O)CC1. The standard InChI is InChI=1S/C13H24N2O4/c1-13(2)5-3-7-15(8-6-13)12(19)14-10(4-9-16)11(17)18/h10,16H,3-9H2,1-2H3,(H,14,19)(H,17,18)/t10-/m1/s1. The van der Waals surface area contributed by atoms with Gasteiger partial charge in [0.15, 0.2) is 0 Å². The molecule has 0 aliphatic carbocycles. The molecule has 1 fully saturated rings. The minimum absolute atomic E-state index is 0.0282. The van der Waals surface area contributed by atoms with E-state index in [-0.39, 0.29) is 24.5 Å². The van der Waals surface area contributed by atoms with E-state index in [9.17, 15) is 9.59 Å². The van der Waals surface area contributed by atoms with Crippen molar-refractivity contribution in [3.63, 3.8) is 0 Å². The molecule has 1 heterocycles. The van der Waals surface area contributed by atoms with E-state index in [0.29, 0.717) is 13.1 Å². The molecule has 0 aromatic heterocycles. The smallest absolute Gasteiger partial charge is 0.326 e. The molecular formula is C13H24N2O4. The fraction of sp³-hybridized carbons (Fsp3) is 0.846. The van der Waals surface area contributed by atoms with Crippen LogP contribution < -0.4 is 5.32 Å². The Balaban J connectivity index is 2.54. The number of carbonyl (C=O) groups is 2. The summed E-state index contributed by atoms with van der Waals surface area (Å²) in [6, 6.07) is -1.37. The molecule has 0 unspecified atom stereocenters. The first-order valence-corrected chi connectivity index (χ1v) is 6.75. The Hall–Kier alpha value is -1.30. The lowest BCUT2D eigenvalue weighted by Crippen LogP contribution is -2.48. The van der Waals surface area contributed by atoms with Crippen molar-refractivity contribution < 1.29 is 19.8 Å². The molecule has 6 nitrogen and oxygen atoms in total. The highest BCUT2D eigenvalue weighted by Gasteiger charge is 2.27. The van der Waals surface area contributed by atoms with Crippen LogP contribution in [0.5, 0.6) is 0 Å². The minimum Gasteiger partial charge on any atom is -0.480 e. The fourth-order valence-corrected chi connectivity index (χ4v) is 2.25. The van der Waals surface area contributed by atoms with E-state index in [2.05, 4.69) is 19.2 Å². The average Bonchev–Trinajstić information content (AvgIpc) is 2.49. The maximum Gasteiger partial charge on any atom is 0.326 e. The van der Waals surface area contributed by atoms with Crippen LogP contribution in [0.15, 0.2) is 0 Å². The predicted octanol–water partition coefficient (Wildman–Crippen LogP) is 1.04. The number of nitrogens with zero attached hydrogens (tertiary/aromatic N) is 1. The molecule has 0 radical (unpaired) electrons. The van der Waals surface area contributed by atoms with Crippen LogP contribution in [0.4, 0.5) is 4.79 Å². The Morgan fingerprint density at radius 1 is 1.32 bits per heavy atom. The number of aliphatic carboxylic acids is 1. The number of rotatable bonds is 4. The minimum atomic E-state index is -1.11. The quantitative estimate of drug-likeness (QED) is 0.713. The lowest BCUT2D eigenvalue weighted by atomic mass is 9.85. The monoisotopic (exact) mass is 272 g/mol. The number of carboxylic acids is 1. The number of carbonyl (C=O) groups excluding carboxylic acids is 1. The maximum absolute atomic E-state index is 12.0. The molecule has 0 saturated carbocycles. The van der Waals surface area contributed by atoms with E-state index in [4.69, 9.17) is 10.2 Å². The van der Waals surface area contributed by atoms with E-state index in [1.54, 1.807) is 4.90 Å². The van der Waals surface area contributed by atoms with Crippen LogP contribution in [-0.2, 0) is 4.79 Å². The highest BCUT2D eigenvalue weighted by atomic mass is 16.4. The van der Waals surface area contributed by atoms with Gasteiger partial charge in [0.1, 0.15) is 6.04 Å². The third kappa shape index (κ3) is 5.06. The third-order valence-corrected chi connectivity index (χ3v) is 3.64. The Morgan fingerprint density at radius 3 is 2.58 bits per heavy atom. The predicted molar refractivity (Wildman–Crippen MR) is 70.9 cm³/mol. The van der Waals surface area contributed by atoms with E-state index in [0.717, 1.165) is 19.3 Å². The molecule has 0 spiro atoms. The van der Waals surface area contributed by atoms with Gasteiger partial charge < -0.3 is 20.4 Å². The summed E-state index contributed by atoms with van der Waals surface area (Å²) < 4.78 is 0. The van der Waals surface area contributed by atoms with Crippen molar-refractivity contribution in [3.8, 4) is 0 Å². The third-order valence-electron chi connectivity index (χ3n) is 3.64. The van der Waals surface area contributed by atoms with Crippen molar-refractivity contribution in [3.05, 3.63) is 0 Å². The van der Waals surface area contributed by atoms with Gasteiger partial charge in [-0.2, -0.15) is 0 Å². The van der Waals surface area contributed by atoms with Gasteiger partial charge >= 0.3 is 12.0 Å². The van der Waals surface area contributed by atoms with Crippen LogP contribution in [0.25, 0.3) is 0 Å². The molecule has 1 rings (SSSR count). The normalized spacial score (nSPS) is 20.5. The Kier molecular flexibility index (Phi) is 5.60. The van der Waals surface area contributed by atoms with Crippen LogP contribution >= 0.6 is 0 Å². The van der Waals surface area contributed by atoms with Gasteiger partial charge in [-0.25, -0.2) is 9.59 Å². The first-order valence-electron chi connectivity index (χ1n) is 6.75. The number of carboxylic acid groups (broad SMARTS) is 1. The van der Waals surface area contributed by atoms with Crippen molar-refractivity contribution in [1.29, 1.82) is 0 Å². The van der Waals surface area contributed by atoms with E-state index in [1.807, 2.05) is 0 Å². The zero-order valence-corrected chi connectivity index (χ0v) is 11.7. The van der Waals surface area contributed by atoms with Gasteiger partial charge in [-0.3, -0.25) is 0 Å². The van der Waals surface area contributed by atoms with Crippen LogP contribution in [-0.4, -0.2) is 52.9 Å². The number of nitrogens with one attached hydrogen (secondary N) is 1. The summed E-state index contributed by atoms with van der Waals surface area (Å²) >= 11 is 0. The highest BCUT2D eigenvalue weighted by molar-refractivity contribution is 5.82. The number of aliphatic hydroxyl groups excluding tert-OH is 1. The van der Waals surface area contributed by atoms with Gasteiger partial charge in [-0.15, -0.1) is 0 Å². The van der Waals surface area contributed by atoms with E-state index in [1.165, 1.54) is 0 Å². The van der Waals surface area contributed by atoms with Gasteiger partial charge in [-0.05, 0) is 24.7 Å². The molecule has 0 bridgehead atoms. The second-order valence-corrected chi connectivity index (χ2v) is 5.86. The largest absolute Gasteiger partial charge is 0.480 e. The van der Waals surface area contributed by atoms with E-state index < -0.39 is 12.0 Å². The first kappa shape index (κ1) is 15.8. The molecule has 3 N–H and O–H groups in total. The molecule has 1 saturated heterocycles. The van der Waals surface area contributed by atoms with Crippen molar-refractivity contribution >= 4 is 12.0 Å². The lowest BCUT2D eigenvalue weighted by Gasteiger charge is -2.25. The van der Waals surface area contributed by atoms with Gasteiger partial charge in [0, 0.05) is 26.1 Å². The van der Waals surface area contributed by atoms with Crippen LogP contribution in [0.3, 0.4) is 0 Å². The maximum atomic E-state index is 12.0. The van der Waals surface area contributed by atoms with Crippen LogP contribution in [0.2, 0.25) is 0 Å². The topological polar surface area (TPSA) is 89.9 Å². The molecule has 0 aromatic rings. The van der Waals surface area contributed by atoms with E-state index >= 15 is 0 Å². The number of hydrogen-bond donors (Lipinski definition) is 3. The van der Waals surface area contributed by atoms with Crippen molar-refractivity contribution in [1.82, 2.24) is 10.2 Å². The van der Waals surface area contributed by atoms with Gasteiger partial charge in [0.2, 0.25) is 0 Å². The average molecular weight is 272 g/mol. The summed E-state index contributed by atoms with van der Waals surface area (Å²) in [5.74, 6) is -1.11. The summed E-state index contributed by atoms with van der Waals surface area (Å²) in [6.45, 7) is 5.40. The zero-order valence-electron chi connectivity index (χ0n) is 11.7. The Bertz CT molecular complexity index is 331. The summed E-state index contributed by atoms with van der Waals surface area (Å²) in [4.78, 5) is 24.6. The summed E-state index contributed by atoms with van der Waals surface area (Å²) in [5, 5.41) is 20.2. The molecule has 1 atom stereocenters. The first-order chi connectivity index (χ1) is 8.85. The summed E-state index contributed by atoms with van der Waals surface area (Å²) in [6.07, 6.45) is 2.94. The number of aliphatic hydroxyl groups is 1. The molecule has 0 aromatic carbocycles. The molecule has 2 amide bonds. The number of hydrogen-bond acceptors (Lipinski definition) is 3. The zero-order chi connectivity index (χ0) is 14.5. The Morgan fingerprint density at radius 2 is 2.00 bits per heavy atom.